The highest BCUT2D eigenvalue weighted by Crippen LogP contribution is 2.22. The number of ether oxygens (including phenoxy) is 1. The molecule has 3 rings (SSSR count). The van der Waals surface area contributed by atoms with Crippen LogP contribution in [0.1, 0.15) is 28.6 Å². The Bertz CT molecular complexity index is 892. The minimum Gasteiger partial charge on any atom is -0.454 e. The number of nitrogens with zero attached hydrogens (tertiary/aromatic N) is 2. The number of aromatic nitrogens is 2. The maximum absolute atomic E-state index is 12.1. The highest BCUT2D eigenvalue weighted by atomic mass is 35.5. The summed E-state index contributed by atoms with van der Waals surface area (Å²) in [4.78, 5) is 15.9. The summed E-state index contributed by atoms with van der Waals surface area (Å²) in [6.45, 7) is 2.03. The number of esters is 1. The first-order chi connectivity index (χ1) is 12.1. The molecule has 0 radical (unpaired) electrons. The lowest BCUT2D eigenvalue weighted by molar-refractivity contribution is 0.0437. The molecule has 5 nitrogen and oxygen atoms in total. The van der Waals surface area contributed by atoms with Crippen LogP contribution < -0.4 is 0 Å². The number of hydrogen-bond donors (Lipinski definition) is 0. The van der Waals surface area contributed by atoms with Gasteiger partial charge in [-0.2, -0.15) is 0 Å². The summed E-state index contributed by atoms with van der Waals surface area (Å²) < 4.78 is 10.4. The van der Waals surface area contributed by atoms with E-state index in [9.17, 15) is 4.79 Å². The SMILES string of the molecule is CCc1ccc(-c2cc(COC(=O)c3cc(Cl)cnc3Cl)on2)cc1. The van der Waals surface area contributed by atoms with Crippen molar-refractivity contribution in [3.05, 3.63) is 69.7 Å². The Labute approximate surface area is 154 Å². The van der Waals surface area contributed by atoms with Crippen molar-refractivity contribution >= 4 is 29.2 Å². The minimum atomic E-state index is -0.634. The first-order valence-electron chi connectivity index (χ1n) is 7.60. The average Bonchev–Trinajstić information content (AvgIpc) is 3.11. The maximum Gasteiger partial charge on any atom is 0.341 e. The summed E-state index contributed by atoms with van der Waals surface area (Å²) in [5.74, 6) is -0.209. The Morgan fingerprint density at radius 2 is 1.96 bits per heavy atom. The zero-order valence-corrected chi connectivity index (χ0v) is 14.8. The van der Waals surface area contributed by atoms with Crippen LogP contribution in [-0.2, 0) is 17.8 Å². The molecular formula is C18H14Cl2N2O3. The number of rotatable bonds is 5. The largest absolute Gasteiger partial charge is 0.454 e. The number of benzene rings is 1. The second kappa shape index (κ2) is 7.68. The molecule has 0 spiro atoms. The van der Waals surface area contributed by atoms with Gasteiger partial charge in [0.15, 0.2) is 12.4 Å². The summed E-state index contributed by atoms with van der Waals surface area (Å²) in [5, 5.41) is 4.33. The van der Waals surface area contributed by atoms with E-state index in [1.165, 1.54) is 17.8 Å². The van der Waals surface area contributed by atoms with Gasteiger partial charge in [-0.25, -0.2) is 9.78 Å². The van der Waals surface area contributed by atoms with Crippen LogP contribution in [0.3, 0.4) is 0 Å². The zero-order valence-electron chi connectivity index (χ0n) is 13.3. The fraction of sp³-hybridized carbons (Fsp3) is 0.167. The third-order valence-electron chi connectivity index (χ3n) is 3.59. The molecule has 1 aromatic carbocycles. The highest BCUT2D eigenvalue weighted by Gasteiger charge is 2.15. The highest BCUT2D eigenvalue weighted by molar-refractivity contribution is 6.34. The summed E-state index contributed by atoms with van der Waals surface area (Å²) in [6.07, 6.45) is 2.33. The van der Waals surface area contributed by atoms with Crippen LogP contribution in [0.4, 0.5) is 0 Å². The van der Waals surface area contributed by atoms with Crippen molar-refractivity contribution in [2.45, 2.75) is 20.0 Å². The molecule has 0 amide bonds. The van der Waals surface area contributed by atoms with Gasteiger partial charge in [0.1, 0.15) is 10.8 Å². The zero-order chi connectivity index (χ0) is 17.8. The predicted molar refractivity (Wildman–Crippen MR) is 94.7 cm³/mol. The molecule has 0 saturated heterocycles. The molecule has 0 unspecified atom stereocenters. The van der Waals surface area contributed by atoms with Gasteiger partial charge in [-0.3, -0.25) is 0 Å². The molecule has 2 aromatic heterocycles. The molecule has 0 saturated carbocycles. The molecule has 0 bridgehead atoms. The summed E-state index contributed by atoms with van der Waals surface area (Å²) in [7, 11) is 0. The van der Waals surface area contributed by atoms with Gasteiger partial charge in [0.25, 0.3) is 0 Å². The topological polar surface area (TPSA) is 65.2 Å². The maximum atomic E-state index is 12.1. The van der Waals surface area contributed by atoms with Crippen LogP contribution in [0.25, 0.3) is 11.3 Å². The van der Waals surface area contributed by atoms with Crippen molar-refractivity contribution in [2.24, 2.45) is 0 Å². The molecule has 0 fully saturated rings. The Morgan fingerprint density at radius 1 is 1.20 bits per heavy atom. The lowest BCUT2D eigenvalue weighted by atomic mass is 10.1. The van der Waals surface area contributed by atoms with Crippen LogP contribution >= 0.6 is 23.2 Å². The quantitative estimate of drug-likeness (QED) is 0.464. The van der Waals surface area contributed by atoms with E-state index in [1.807, 2.05) is 24.3 Å². The van der Waals surface area contributed by atoms with E-state index in [2.05, 4.69) is 17.1 Å². The third kappa shape index (κ3) is 4.18. The van der Waals surface area contributed by atoms with E-state index < -0.39 is 5.97 Å². The molecular weight excluding hydrogens is 363 g/mol. The van der Waals surface area contributed by atoms with E-state index in [1.54, 1.807) is 6.07 Å². The van der Waals surface area contributed by atoms with Crippen LogP contribution in [0.15, 0.2) is 47.1 Å². The lowest BCUT2D eigenvalue weighted by Crippen LogP contribution is -2.06. The van der Waals surface area contributed by atoms with Gasteiger partial charge in [0, 0.05) is 17.8 Å². The molecule has 25 heavy (non-hydrogen) atoms. The third-order valence-corrected chi connectivity index (χ3v) is 4.10. The van der Waals surface area contributed by atoms with Gasteiger partial charge >= 0.3 is 5.97 Å². The minimum absolute atomic E-state index is 0.0312. The van der Waals surface area contributed by atoms with Gasteiger partial charge in [0.2, 0.25) is 0 Å². The molecule has 0 aliphatic rings. The Hall–Kier alpha value is -2.37. The second-order valence-electron chi connectivity index (χ2n) is 5.30. The van der Waals surface area contributed by atoms with Crippen molar-refractivity contribution in [1.29, 1.82) is 0 Å². The molecule has 7 heteroatoms. The normalized spacial score (nSPS) is 10.7. The Morgan fingerprint density at radius 3 is 2.68 bits per heavy atom. The predicted octanol–water partition coefficient (Wildman–Crippen LogP) is 4.96. The summed E-state index contributed by atoms with van der Waals surface area (Å²) in [5.41, 5.74) is 2.95. The van der Waals surface area contributed by atoms with Gasteiger partial charge in [0.05, 0.1) is 10.6 Å². The van der Waals surface area contributed by atoms with Crippen LogP contribution in [-0.4, -0.2) is 16.1 Å². The lowest BCUT2D eigenvalue weighted by Gasteiger charge is -2.04. The Balaban J connectivity index is 1.67. The van der Waals surface area contributed by atoms with E-state index in [0.29, 0.717) is 16.5 Å². The first kappa shape index (κ1) is 17.5. The van der Waals surface area contributed by atoms with Crippen molar-refractivity contribution in [3.8, 4) is 11.3 Å². The van der Waals surface area contributed by atoms with Crippen LogP contribution in [0.2, 0.25) is 10.2 Å². The van der Waals surface area contributed by atoms with Crippen LogP contribution in [0, 0.1) is 0 Å². The van der Waals surface area contributed by atoms with Gasteiger partial charge in [-0.1, -0.05) is 59.5 Å². The summed E-state index contributed by atoms with van der Waals surface area (Å²) in [6, 6.07) is 11.2. The average molecular weight is 377 g/mol. The van der Waals surface area contributed by atoms with Crippen molar-refractivity contribution in [3.63, 3.8) is 0 Å². The van der Waals surface area contributed by atoms with Crippen molar-refractivity contribution in [1.82, 2.24) is 10.1 Å². The fourth-order valence-electron chi connectivity index (χ4n) is 2.21. The number of carbonyl (C=O) groups excluding carboxylic acids is 1. The molecule has 2 heterocycles. The number of hydrogen-bond acceptors (Lipinski definition) is 5. The van der Waals surface area contributed by atoms with E-state index in [-0.39, 0.29) is 17.3 Å². The van der Waals surface area contributed by atoms with Gasteiger partial charge in [-0.15, -0.1) is 0 Å². The molecule has 0 N–H and O–H groups in total. The standard InChI is InChI=1S/C18H14Cl2N2O3/c1-2-11-3-5-12(6-4-11)16-8-14(25-22-16)10-24-18(23)15-7-13(19)9-21-17(15)20/h3-9H,2,10H2,1H3. The van der Waals surface area contributed by atoms with Crippen LogP contribution in [0.5, 0.6) is 0 Å². The van der Waals surface area contributed by atoms with E-state index in [4.69, 9.17) is 32.5 Å². The fourth-order valence-corrected chi connectivity index (χ4v) is 2.55. The second-order valence-corrected chi connectivity index (χ2v) is 6.09. The van der Waals surface area contributed by atoms with Crippen molar-refractivity contribution < 1.29 is 14.1 Å². The molecule has 0 atom stereocenters. The number of pyridine rings is 1. The molecule has 0 aliphatic heterocycles. The van der Waals surface area contributed by atoms with Gasteiger partial charge in [-0.05, 0) is 18.1 Å². The monoisotopic (exact) mass is 376 g/mol. The van der Waals surface area contributed by atoms with E-state index >= 15 is 0 Å². The van der Waals surface area contributed by atoms with Crippen molar-refractivity contribution in [2.75, 3.05) is 0 Å². The molecule has 3 aromatic rings. The smallest absolute Gasteiger partial charge is 0.341 e. The Kier molecular flexibility index (Phi) is 5.36. The van der Waals surface area contributed by atoms with E-state index in [0.717, 1.165) is 12.0 Å². The van der Waals surface area contributed by atoms with Gasteiger partial charge < -0.3 is 9.26 Å². The number of halogens is 2. The number of carbonyl (C=O) groups is 1. The molecule has 0 aliphatic carbocycles. The molecule has 128 valence electrons. The first-order valence-corrected chi connectivity index (χ1v) is 8.35. The summed E-state index contributed by atoms with van der Waals surface area (Å²) >= 11 is 11.7. The number of aryl methyl sites for hydroxylation is 1.